The second kappa shape index (κ2) is 7.34. The first-order valence-corrected chi connectivity index (χ1v) is 9.71. The molecule has 0 aromatic carbocycles. The largest absolute Gasteiger partial charge is 0.355 e. The van der Waals surface area contributed by atoms with Crippen LogP contribution in [0.5, 0.6) is 0 Å². The minimum Gasteiger partial charge on any atom is -0.355 e. The molecule has 4 fully saturated rings. The Labute approximate surface area is 150 Å². The molecular formula is C19H31N3O3. The molecule has 6 nitrogen and oxygen atoms in total. The van der Waals surface area contributed by atoms with E-state index in [2.05, 4.69) is 10.6 Å². The molecule has 0 aliphatic heterocycles. The van der Waals surface area contributed by atoms with Crippen LogP contribution in [0.2, 0.25) is 0 Å². The van der Waals surface area contributed by atoms with Crippen molar-refractivity contribution >= 4 is 17.7 Å². The average molecular weight is 349 g/mol. The zero-order valence-electron chi connectivity index (χ0n) is 15.5. The normalized spacial score (nSPS) is 32.3. The molecule has 0 radical (unpaired) electrons. The monoisotopic (exact) mass is 349 g/mol. The van der Waals surface area contributed by atoms with Gasteiger partial charge in [0.05, 0.1) is 13.1 Å². The fraction of sp³-hybridized carbons (Fsp3) is 0.842. The van der Waals surface area contributed by atoms with E-state index in [1.807, 2.05) is 6.92 Å². The number of likely N-dealkylation sites (N-methyl/N-ethyl adjacent to an activating group) is 1. The Balaban J connectivity index is 1.47. The van der Waals surface area contributed by atoms with Crippen molar-refractivity contribution in [3.05, 3.63) is 0 Å². The van der Waals surface area contributed by atoms with Gasteiger partial charge in [-0.2, -0.15) is 0 Å². The third kappa shape index (κ3) is 3.98. The van der Waals surface area contributed by atoms with Gasteiger partial charge in [0.25, 0.3) is 0 Å². The van der Waals surface area contributed by atoms with E-state index in [9.17, 15) is 14.4 Å². The van der Waals surface area contributed by atoms with Gasteiger partial charge in [-0.05, 0) is 62.7 Å². The summed E-state index contributed by atoms with van der Waals surface area (Å²) in [5.74, 6) is 1.80. The summed E-state index contributed by atoms with van der Waals surface area (Å²) in [7, 11) is 1.60. The Morgan fingerprint density at radius 1 is 1.00 bits per heavy atom. The minimum absolute atomic E-state index is 0.0157. The molecule has 0 spiro atoms. The highest BCUT2D eigenvalue weighted by Gasteiger charge is 2.54. The van der Waals surface area contributed by atoms with Crippen molar-refractivity contribution in [3.63, 3.8) is 0 Å². The third-order valence-corrected chi connectivity index (χ3v) is 6.30. The lowest BCUT2D eigenvalue weighted by molar-refractivity contribution is -0.148. The summed E-state index contributed by atoms with van der Waals surface area (Å²) in [5.41, 5.74) is -0.230. The number of carbonyl (C=O) groups is 3. The molecule has 0 aromatic rings. The predicted molar refractivity (Wildman–Crippen MR) is 94.6 cm³/mol. The van der Waals surface area contributed by atoms with Gasteiger partial charge in [-0.1, -0.05) is 6.92 Å². The highest BCUT2D eigenvalue weighted by molar-refractivity contribution is 5.90. The number of hydrogen-bond acceptors (Lipinski definition) is 3. The molecule has 0 aromatic heterocycles. The quantitative estimate of drug-likeness (QED) is 0.727. The van der Waals surface area contributed by atoms with Crippen molar-refractivity contribution in [2.75, 3.05) is 26.7 Å². The molecule has 4 saturated carbocycles. The van der Waals surface area contributed by atoms with Crippen molar-refractivity contribution in [1.29, 1.82) is 0 Å². The number of nitrogens with one attached hydrogen (secondary N) is 2. The van der Waals surface area contributed by atoms with Crippen LogP contribution < -0.4 is 10.6 Å². The van der Waals surface area contributed by atoms with E-state index < -0.39 is 0 Å². The first-order chi connectivity index (χ1) is 11.9. The zero-order valence-corrected chi connectivity index (χ0v) is 15.5. The maximum atomic E-state index is 12.8. The Morgan fingerprint density at radius 3 is 2.08 bits per heavy atom. The molecule has 6 heteroatoms. The molecular weight excluding hydrogens is 318 g/mol. The van der Waals surface area contributed by atoms with Gasteiger partial charge in [0.2, 0.25) is 17.7 Å². The third-order valence-electron chi connectivity index (χ3n) is 6.30. The fourth-order valence-electron chi connectivity index (χ4n) is 5.49. The van der Waals surface area contributed by atoms with Crippen molar-refractivity contribution in [3.8, 4) is 0 Å². The summed E-state index contributed by atoms with van der Waals surface area (Å²) in [5, 5.41) is 5.63. The van der Waals surface area contributed by atoms with Crippen LogP contribution in [-0.2, 0) is 14.4 Å². The van der Waals surface area contributed by atoms with E-state index in [4.69, 9.17) is 0 Å². The standard InChI is InChI=1S/C19H31N3O3/c1-3-4-20-16(23)12-22(2)17(24)11-21-18(25)19-8-13-5-14(9-19)7-15(6-13)10-19/h13-15H,3-12H2,1-2H3,(H,20,23)(H,21,25). The topological polar surface area (TPSA) is 78.5 Å². The van der Waals surface area contributed by atoms with Crippen LogP contribution in [-0.4, -0.2) is 49.3 Å². The zero-order chi connectivity index (χ0) is 18.0. The molecule has 4 bridgehead atoms. The maximum absolute atomic E-state index is 12.8. The second-order valence-electron chi connectivity index (χ2n) is 8.48. The second-order valence-corrected chi connectivity index (χ2v) is 8.48. The van der Waals surface area contributed by atoms with E-state index in [-0.39, 0.29) is 36.2 Å². The molecule has 2 N–H and O–H groups in total. The van der Waals surface area contributed by atoms with Crippen molar-refractivity contribution < 1.29 is 14.4 Å². The SMILES string of the molecule is CCCNC(=O)CN(C)C(=O)CNC(=O)C12CC3CC(CC(C3)C1)C2. The summed E-state index contributed by atoms with van der Waals surface area (Å²) in [6.45, 7) is 2.61. The number of carbonyl (C=O) groups excluding carboxylic acids is 3. The summed E-state index contributed by atoms with van der Waals surface area (Å²) in [4.78, 5) is 38.1. The van der Waals surface area contributed by atoms with Crippen molar-refractivity contribution in [2.24, 2.45) is 23.2 Å². The van der Waals surface area contributed by atoms with Gasteiger partial charge in [-0.15, -0.1) is 0 Å². The van der Waals surface area contributed by atoms with Crippen LogP contribution in [0, 0.1) is 23.2 Å². The van der Waals surface area contributed by atoms with E-state index in [1.165, 1.54) is 24.2 Å². The lowest BCUT2D eigenvalue weighted by Gasteiger charge is -2.55. The highest BCUT2D eigenvalue weighted by atomic mass is 16.2. The molecule has 0 saturated heterocycles. The van der Waals surface area contributed by atoms with Crippen LogP contribution in [0.3, 0.4) is 0 Å². The lowest BCUT2D eigenvalue weighted by atomic mass is 9.49. The van der Waals surface area contributed by atoms with Crippen LogP contribution in [0.1, 0.15) is 51.9 Å². The van der Waals surface area contributed by atoms with Gasteiger partial charge in [-0.25, -0.2) is 0 Å². The van der Waals surface area contributed by atoms with Crippen LogP contribution >= 0.6 is 0 Å². The minimum atomic E-state index is -0.230. The summed E-state index contributed by atoms with van der Waals surface area (Å²) in [6, 6.07) is 0. The van der Waals surface area contributed by atoms with Crippen molar-refractivity contribution in [1.82, 2.24) is 15.5 Å². The molecule has 4 rings (SSSR count). The van der Waals surface area contributed by atoms with Crippen LogP contribution in [0.15, 0.2) is 0 Å². The molecule has 0 atom stereocenters. The Bertz CT molecular complexity index is 511. The first-order valence-electron chi connectivity index (χ1n) is 9.71. The molecule has 0 heterocycles. The van der Waals surface area contributed by atoms with E-state index >= 15 is 0 Å². The van der Waals surface area contributed by atoms with Gasteiger partial charge < -0.3 is 15.5 Å². The van der Waals surface area contributed by atoms with E-state index in [1.54, 1.807) is 7.05 Å². The van der Waals surface area contributed by atoms with E-state index in [0.29, 0.717) is 24.3 Å². The number of hydrogen-bond donors (Lipinski definition) is 2. The van der Waals surface area contributed by atoms with Gasteiger partial charge in [0.15, 0.2) is 0 Å². The molecule has 25 heavy (non-hydrogen) atoms. The van der Waals surface area contributed by atoms with Gasteiger partial charge in [0, 0.05) is 19.0 Å². The Kier molecular flexibility index (Phi) is 5.35. The van der Waals surface area contributed by atoms with Crippen molar-refractivity contribution in [2.45, 2.75) is 51.9 Å². The molecule has 4 aliphatic rings. The maximum Gasteiger partial charge on any atom is 0.242 e. The molecule has 140 valence electrons. The molecule has 0 unspecified atom stereocenters. The lowest BCUT2D eigenvalue weighted by Crippen LogP contribution is -2.54. The van der Waals surface area contributed by atoms with Gasteiger partial charge >= 0.3 is 0 Å². The fourth-order valence-corrected chi connectivity index (χ4v) is 5.49. The van der Waals surface area contributed by atoms with Crippen LogP contribution in [0.25, 0.3) is 0 Å². The van der Waals surface area contributed by atoms with E-state index in [0.717, 1.165) is 25.7 Å². The average Bonchev–Trinajstić information content (AvgIpc) is 2.56. The number of amides is 3. The first kappa shape index (κ1) is 18.2. The number of rotatable bonds is 7. The Hall–Kier alpha value is -1.59. The Morgan fingerprint density at radius 2 is 1.56 bits per heavy atom. The highest BCUT2D eigenvalue weighted by Crippen LogP contribution is 2.60. The smallest absolute Gasteiger partial charge is 0.242 e. The summed E-state index contributed by atoms with van der Waals surface area (Å²) >= 11 is 0. The molecule has 4 aliphatic carbocycles. The summed E-state index contributed by atoms with van der Waals surface area (Å²) < 4.78 is 0. The predicted octanol–water partition coefficient (Wildman–Crippen LogP) is 1.30. The molecule has 3 amide bonds. The van der Waals surface area contributed by atoms with Gasteiger partial charge in [-0.3, -0.25) is 14.4 Å². The summed E-state index contributed by atoms with van der Waals surface area (Å²) in [6.07, 6.45) is 7.73. The van der Waals surface area contributed by atoms with Gasteiger partial charge in [0.1, 0.15) is 0 Å². The number of nitrogens with zero attached hydrogens (tertiary/aromatic N) is 1. The van der Waals surface area contributed by atoms with Crippen LogP contribution in [0.4, 0.5) is 0 Å².